The van der Waals surface area contributed by atoms with Gasteiger partial charge in [-0.05, 0) is 67.1 Å². The smallest absolute Gasteiger partial charge is 0.253 e. The van der Waals surface area contributed by atoms with E-state index in [0.717, 1.165) is 58.7 Å². The van der Waals surface area contributed by atoms with Gasteiger partial charge in [0.25, 0.3) is 5.91 Å². The van der Waals surface area contributed by atoms with Crippen LogP contribution in [0, 0.1) is 5.41 Å². The number of likely N-dealkylation sites (N-methyl/N-ethyl adjacent to an activating group) is 1. The standard InChI is InChI=1S/C29H34ClN5O/c1-6-18-8-11-24(22(14-18)28(36)32-13-12-31-5)33-27-23-16-29(3,4)17-25(23)34-26(35-27)21-15-20(30)10-9-19(21)7-2/h7-11,14-15,31H,2,6,12-13,16-17H2,1,3-5H3,(H,32,36)(H,33,34,35). The van der Waals surface area contributed by atoms with Gasteiger partial charge >= 0.3 is 0 Å². The maximum atomic E-state index is 13.1. The zero-order valence-corrected chi connectivity index (χ0v) is 22.2. The summed E-state index contributed by atoms with van der Waals surface area (Å²) in [6.45, 7) is 11.8. The number of carbonyl (C=O) groups excluding carboxylic acids is 1. The van der Waals surface area contributed by atoms with Crippen LogP contribution in [-0.2, 0) is 19.3 Å². The number of hydrogen-bond acceptors (Lipinski definition) is 5. The van der Waals surface area contributed by atoms with Gasteiger partial charge < -0.3 is 16.0 Å². The number of benzene rings is 2. The van der Waals surface area contributed by atoms with E-state index in [-0.39, 0.29) is 11.3 Å². The number of aromatic nitrogens is 2. The zero-order chi connectivity index (χ0) is 25.9. The highest BCUT2D eigenvalue weighted by Crippen LogP contribution is 2.41. The molecule has 1 amide bonds. The maximum Gasteiger partial charge on any atom is 0.253 e. The first-order valence-corrected chi connectivity index (χ1v) is 12.8. The van der Waals surface area contributed by atoms with Crippen LogP contribution in [-0.4, -0.2) is 36.0 Å². The van der Waals surface area contributed by atoms with Gasteiger partial charge in [-0.15, -0.1) is 0 Å². The molecular weight excluding hydrogens is 470 g/mol. The van der Waals surface area contributed by atoms with E-state index in [9.17, 15) is 4.79 Å². The summed E-state index contributed by atoms with van der Waals surface area (Å²) in [6.07, 6.45) is 4.34. The Labute approximate surface area is 218 Å². The van der Waals surface area contributed by atoms with Gasteiger partial charge in [-0.2, -0.15) is 0 Å². The lowest BCUT2D eigenvalue weighted by Gasteiger charge is -2.17. The number of fused-ring (bicyclic) bond motifs is 1. The monoisotopic (exact) mass is 503 g/mol. The zero-order valence-electron chi connectivity index (χ0n) is 21.5. The number of nitrogens with one attached hydrogen (secondary N) is 3. The Morgan fingerprint density at radius 2 is 1.94 bits per heavy atom. The average Bonchev–Trinajstić information content (AvgIpc) is 3.18. The van der Waals surface area contributed by atoms with E-state index >= 15 is 0 Å². The third-order valence-electron chi connectivity index (χ3n) is 6.52. The first kappa shape index (κ1) is 25.9. The lowest BCUT2D eigenvalue weighted by atomic mass is 9.90. The van der Waals surface area contributed by atoms with E-state index in [0.29, 0.717) is 29.5 Å². The molecule has 1 aromatic heterocycles. The third-order valence-corrected chi connectivity index (χ3v) is 6.76. The Morgan fingerprint density at radius 3 is 2.67 bits per heavy atom. The average molecular weight is 504 g/mol. The number of amides is 1. The van der Waals surface area contributed by atoms with Crippen molar-refractivity contribution in [3.63, 3.8) is 0 Å². The van der Waals surface area contributed by atoms with Crippen LogP contribution in [0.1, 0.15) is 53.5 Å². The second-order valence-corrected chi connectivity index (χ2v) is 10.4. The van der Waals surface area contributed by atoms with Gasteiger partial charge in [0, 0.05) is 29.2 Å². The Kier molecular flexibility index (Phi) is 7.76. The molecule has 188 valence electrons. The summed E-state index contributed by atoms with van der Waals surface area (Å²) in [4.78, 5) is 23.0. The highest BCUT2D eigenvalue weighted by Gasteiger charge is 2.33. The molecule has 0 fully saturated rings. The van der Waals surface area contributed by atoms with E-state index < -0.39 is 0 Å². The molecule has 3 aromatic rings. The van der Waals surface area contributed by atoms with Gasteiger partial charge in [0.2, 0.25) is 0 Å². The second-order valence-electron chi connectivity index (χ2n) is 9.99. The quantitative estimate of drug-likeness (QED) is 0.321. The molecule has 7 heteroatoms. The molecule has 36 heavy (non-hydrogen) atoms. The van der Waals surface area contributed by atoms with Gasteiger partial charge in [0.05, 0.1) is 16.9 Å². The van der Waals surface area contributed by atoms with E-state index in [1.165, 1.54) is 0 Å². The molecule has 0 saturated heterocycles. The van der Waals surface area contributed by atoms with Crippen LogP contribution in [0.25, 0.3) is 17.5 Å². The number of nitrogens with zero attached hydrogens (tertiary/aromatic N) is 2. The van der Waals surface area contributed by atoms with Crippen molar-refractivity contribution in [2.24, 2.45) is 5.41 Å². The maximum absolute atomic E-state index is 13.1. The molecular formula is C29H34ClN5O. The van der Waals surface area contributed by atoms with Crippen LogP contribution >= 0.6 is 11.6 Å². The molecule has 4 rings (SSSR count). The number of hydrogen-bond donors (Lipinski definition) is 3. The van der Waals surface area contributed by atoms with E-state index in [2.05, 4.69) is 43.3 Å². The minimum Gasteiger partial charge on any atom is -0.351 e. The summed E-state index contributed by atoms with van der Waals surface area (Å²) in [5.41, 5.74) is 6.36. The summed E-state index contributed by atoms with van der Waals surface area (Å²) >= 11 is 6.34. The normalized spacial score (nSPS) is 13.8. The fourth-order valence-corrected chi connectivity index (χ4v) is 4.78. The summed E-state index contributed by atoms with van der Waals surface area (Å²) < 4.78 is 0. The highest BCUT2D eigenvalue weighted by atomic mass is 35.5. The number of rotatable bonds is 9. The van der Waals surface area contributed by atoms with Crippen molar-refractivity contribution in [3.8, 4) is 11.4 Å². The van der Waals surface area contributed by atoms with Crippen LogP contribution in [0.15, 0.2) is 43.0 Å². The fourth-order valence-electron chi connectivity index (χ4n) is 4.61. The van der Waals surface area contributed by atoms with Crippen LogP contribution in [0.4, 0.5) is 11.5 Å². The van der Waals surface area contributed by atoms with Crippen LogP contribution in [0.2, 0.25) is 5.02 Å². The van der Waals surface area contributed by atoms with E-state index in [1.807, 2.05) is 43.4 Å². The van der Waals surface area contributed by atoms with Crippen molar-refractivity contribution in [2.45, 2.75) is 40.0 Å². The number of anilines is 2. The van der Waals surface area contributed by atoms with Crippen LogP contribution < -0.4 is 16.0 Å². The molecule has 3 N–H and O–H groups in total. The Balaban J connectivity index is 1.81. The Morgan fingerprint density at radius 1 is 1.14 bits per heavy atom. The predicted octanol–water partition coefficient (Wildman–Crippen LogP) is 5.82. The molecule has 0 atom stereocenters. The highest BCUT2D eigenvalue weighted by molar-refractivity contribution is 6.31. The summed E-state index contributed by atoms with van der Waals surface area (Å²) in [5.74, 6) is 1.21. The molecule has 6 nitrogen and oxygen atoms in total. The SMILES string of the molecule is C=Cc1ccc(Cl)cc1-c1nc2c(c(Nc3ccc(CC)cc3C(=O)NCCNC)n1)CC(C)(C)C2. The van der Waals surface area contributed by atoms with Gasteiger partial charge in [0.15, 0.2) is 5.82 Å². The molecule has 0 aliphatic heterocycles. The molecule has 0 unspecified atom stereocenters. The topological polar surface area (TPSA) is 78.9 Å². The third kappa shape index (κ3) is 5.61. The van der Waals surface area contributed by atoms with Crippen molar-refractivity contribution in [2.75, 3.05) is 25.5 Å². The van der Waals surface area contributed by atoms with Crippen molar-refractivity contribution in [1.29, 1.82) is 0 Å². The van der Waals surface area contributed by atoms with Crippen molar-refractivity contribution in [1.82, 2.24) is 20.6 Å². The molecule has 0 spiro atoms. The van der Waals surface area contributed by atoms with Crippen molar-refractivity contribution in [3.05, 3.63) is 75.9 Å². The van der Waals surface area contributed by atoms with Crippen LogP contribution in [0.3, 0.4) is 0 Å². The Hall–Kier alpha value is -3.22. The molecule has 1 aliphatic rings. The van der Waals surface area contributed by atoms with Crippen molar-refractivity contribution < 1.29 is 4.79 Å². The molecule has 2 aromatic carbocycles. The molecule has 1 aliphatic carbocycles. The van der Waals surface area contributed by atoms with Gasteiger partial charge in [-0.25, -0.2) is 9.97 Å². The predicted molar refractivity (Wildman–Crippen MR) is 149 cm³/mol. The fraction of sp³-hybridized carbons (Fsp3) is 0.345. The Bertz CT molecular complexity index is 1300. The lowest BCUT2D eigenvalue weighted by molar-refractivity contribution is 0.0955. The summed E-state index contributed by atoms with van der Waals surface area (Å²) in [5, 5.41) is 10.2. The summed E-state index contributed by atoms with van der Waals surface area (Å²) in [7, 11) is 1.86. The van der Waals surface area contributed by atoms with Gasteiger partial charge in [0.1, 0.15) is 5.82 Å². The molecule has 0 bridgehead atoms. The number of carbonyl (C=O) groups is 1. The second kappa shape index (κ2) is 10.8. The number of halogens is 1. The lowest BCUT2D eigenvalue weighted by Crippen LogP contribution is -2.30. The van der Waals surface area contributed by atoms with Crippen molar-refractivity contribution >= 4 is 35.1 Å². The van der Waals surface area contributed by atoms with Crippen LogP contribution in [0.5, 0.6) is 0 Å². The minimum absolute atomic E-state index is 0.0705. The number of aryl methyl sites for hydroxylation is 1. The van der Waals surface area contributed by atoms with E-state index in [4.69, 9.17) is 21.6 Å². The molecule has 0 radical (unpaired) electrons. The molecule has 1 heterocycles. The largest absolute Gasteiger partial charge is 0.351 e. The first-order valence-electron chi connectivity index (χ1n) is 12.4. The minimum atomic E-state index is -0.113. The van der Waals surface area contributed by atoms with E-state index in [1.54, 1.807) is 6.08 Å². The molecule has 0 saturated carbocycles. The first-order chi connectivity index (χ1) is 17.2. The summed E-state index contributed by atoms with van der Waals surface area (Å²) in [6, 6.07) is 11.6. The van der Waals surface area contributed by atoms with Gasteiger partial charge in [-0.3, -0.25) is 4.79 Å². The van der Waals surface area contributed by atoms with Gasteiger partial charge in [-0.1, -0.05) is 57.2 Å².